The lowest BCUT2D eigenvalue weighted by Crippen LogP contribution is -2.30. The van der Waals surface area contributed by atoms with Crippen LogP contribution < -0.4 is 10.1 Å². The van der Waals surface area contributed by atoms with Gasteiger partial charge in [-0.05, 0) is 93.7 Å². The molecule has 0 unspecified atom stereocenters. The number of hydroxylamine groups is 2. The number of anilines is 2. The quantitative estimate of drug-likeness (QED) is 0.265. The fourth-order valence-electron chi connectivity index (χ4n) is 2.17. The van der Waals surface area contributed by atoms with E-state index in [2.05, 4.69) is 45.2 Å². The van der Waals surface area contributed by atoms with Crippen molar-refractivity contribution in [2.75, 3.05) is 21.6 Å². The van der Waals surface area contributed by atoms with Crippen LogP contribution in [0.15, 0.2) is 48.5 Å². The highest BCUT2D eigenvalue weighted by Gasteiger charge is 2.17. The summed E-state index contributed by atoms with van der Waals surface area (Å²) in [6.07, 6.45) is -0.244. The molecule has 0 aliphatic carbocycles. The van der Waals surface area contributed by atoms with Crippen molar-refractivity contribution in [1.29, 1.82) is 0 Å². The number of benzene rings is 2. The zero-order chi connectivity index (χ0) is 20.7. The number of hydrogen-bond acceptors (Lipinski definition) is 5. The van der Waals surface area contributed by atoms with Gasteiger partial charge in [0.15, 0.2) is 0 Å². The van der Waals surface area contributed by atoms with Crippen LogP contribution in [0.2, 0.25) is 0 Å². The molecule has 0 atom stereocenters. The lowest BCUT2D eigenvalue weighted by Gasteiger charge is -2.16. The Morgan fingerprint density at radius 2 is 1.07 bits per heavy atom. The molecule has 0 aliphatic rings. The Bertz CT molecular complexity index is 777. The van der Waals surface area contributed by atoms with Crippen LogP contribution in [0, 0.1) is 7.14 Å². The van der Waals surface area contributed by atoms with Crippen molar-refractivity contribution in [2.45, 2.75) is 12.8 Å². The third kappa shape index (κ3) is 7.06. The Morgan fingerprint density at radius 3 is 1.39 bits per heavy atom. The van der Waals surface area contributed by atoms with Crippen LogP contribution >= 0.6 is 45.2 Å². The first-order valence-electron chi connectivity index (χ1n) is 8.17. The highest BCUT2D eigenvalue weighted by molar-refractivity contribution is 14.1. The highest BCUT2D eigenvalue weighted by atomic mass is 127. The molecular formula is C18H18I2N2O5S. The van der Waals surface area contributed by atoms with Crippen molar-refractivity contribution in [1.82, 2.24) is 0 Å². The molecule has 0 saturated heterocycles. The molecule has 0 heterocycles. The maximum atomic E-state index is 12.1. The van der Waals surface area contributed by atoms with E-state index < -0.39 is 22.6 Å². The molecule has 2 aromatic carbocycles. The van der Waals surface area contributed by atoms with Gasteiger partial charge in [0, 0.05) is 42.3 Å². The maximum absolute atomic E-state index is 12.1. The van der Waals surface area contributed by atoms with E-state index in [9.17, 15) is 24.2 Å². The number of amides is 2. The van der Waals surface area contributed by atoms with Crippen molar-refractivity contribution in [2.24, 2.45) is 0 Å². The predicted octanol–water partition coefficient (Wildman–Crippen LogP) is 3.57. The Morgan fingerprint density at radius 1 is 0.750 bits per heavy atom. The van der Waals surface area contributed by atoms with Crippen molar-refractivity contribution in [3.05, 3.63) is 55.7 Å². The van der Waals surface area contributed by atoms with Crippen molar-refractivity contribution in [3.63, 3.8) is 0 Å². The van der Waals surface area contributed by atoms with Gasteiger partial charge >= 0.3 is 0 Å². The Labute approximate surface area is 192 Å². The summed E-state index contributed by atoms with van der Waals surface area (Å²) in [7, 11) is -1.43. The topological polar surface area (TPSA) is 98.2 Å². The van der Waals surface area contributed by atoms with Crippen LogP contribution in [0.1, 0.15) is 12.8 Å². The van der Waals surface area contributed by atoms with Crippen molar-refractivity contribution in [3.8, 4) is 0 Å². The normalized spacial score (nSPS) is 10.8. The molecule has 28 heavy (non-hydrogen) atoms. The molecule has 0 aromatic heterocycles. The van der Waals surface area contributed by atoms with E-state index in [1.54, 1.807) is 48.5 Å². The molecule has 0 aliphatic heterocycles. The number of nitrogens with zero attached hydrogens (tertiary/aromatic N) is 2. The summed E-state index contributed by atoms with van der Waals surface area (Å²) in [6.45, 7) is 0. The van der Waals surface area contributed by atoms with Crippen LogP contribution in [0.4, 0.5) is 11.4 Å². The fraction of sp³-hybridized carbons (Fsp3) is 0.222. The molecule has 2 rings (SSSR count). The van der Waals surface area contributed by atoms with E-state index in [1.165, 1.54) is 0 Å². The average Bonchev–Trinajstić information content (AvgIpc) is 2.70. The zero-order valence-corrected chi connectivity index (χ0v) is 19.8. The van der Waals surface area contributed by atoms with Crippen molar-refractivity contribution >= 4 is 79.2 Å². The third-order valence-corrected chi connectivity index (χ3v) is 6.46. The molecule has 0 saturated carbocycles. The van der Waals surface area contributed by atoms with Gasteiger partial charge in [0.25, 0.3) is 11.8 Å². The highest BCUT2D eigenvalue weighted by Crippen LogP contribution is 2.17. The average molecular weight is 628 g/mol. The largest absolute Gasteiger partial charge is 0.281 e. The van der Waals surface area contributed by atoms with Crippen LogP contribution in [-0.2, 0) is 20.4 Å². The number of carbonyl (C=O) groups is 2. The minimum Gasteiger partial charge on any atom is -0.281 e. The molecule has 0 bridgehead atoms. The van der Waals surface area contributed by atoms with Gasteiger partial charge in [0.2, 0.25) is 0 Å². The first-order valence-corrected chi connectivity index (χ1v) is 11.8. The van der Waals surface area contributed by atoms with Crippen LogP contribution in [0.3, 0.4) is 0 Å². The summed E-state index contributed by atoms with van der Waals surface area (Å²) in [5.41, 5.74) is 0.666. The Balaban J connectivity index is 1.77. The Hall–Kier alpha value is -1.09. The van der Waals surface area contributed by atoms with Gasteiger partial charge in [-0.15, -0.1) is 0 Å². The number of halogens is 2. The smallest absolute Gasteiger partial charge is 0.251 e. The molecule has 150 valence electrons. The van der Waals surface area contributed by atoms with Gasteiger partial charge in [-0.1, -0.05) is 0 Å². The first kappa shape index (κ1) is 23.2. The molecule has 2 N–H and O–H groups in total. The predicted molar refractivity (Wildman–Crippen MR) is 124 cm³/mol. The lowest BCUT2D eigenvalue weighted by atomic mass is 10.3. The number of rotatable bonds is 8. The van der Waals surface area contributed by atoms with Gasteiger partial charge < -0.3 is 0 Å². The minimum absolute atomic E-state index is 0.0164. The molecule has 7 nitrogen and oxygen atoms in total. The zero-order valence-electron chi connectivity index (χ0n) is 14.6. The first-order chi connectivity index (χ1) is 13.3. The maximum Gasteiger partial charge on any atom is 0.251 e. The summed E-state index contributed by atoms with van der Waals surface area (Å²) in [5, 5.41) is 20.9. The molecule has 2 aromatic rings. The van der Waals surface area contributed by atoms with E-state index >= 15 is 0 Å². The fourth-order valence-corrected chi connectivity index (χ4v) is 3.90. The van der Waals surface area contributed by atoms with E-state index in [-0.39, 0.29) is 24.3 Å². The number of carbonyl (C=O) groups excluding carboxylic acids is 2. The van der Waals surface area contributed by atoms with Gasteiger partial charge in [0.05, 0.1) is 11.4 Å². The van der Waals surface area contributed by atoms with Crippen LogP contribution in [-0.4, -0.2) is 37.9 Å². The molecule has 2 amide bonds. The molecule has 10 heteroatoms. The minimum atomic E-state index is -1.43. The number of hydrogen-bond donors (Lipinski definition) is 2. The molecule has 0 spiro atoms. The van der Waals surface area contributed by atoms with Crippen LogP contribution in [0.5, 0.6) is 0 Å². The molecular weight excluding hydrogens is 610 g/mol. The Kier molecular flexibility index (Phi) is 9.27. The molecule has 0 fully saturated rings. The van der Waals surface area contributed by atoms with Gasteiger partial charge in [0.1, 0.15) is 0 Å². The second kappa shape index (κ2) is 11.2. The SMILES string of the molecule is O=C(CCS(=O)CCC(=O)N(O)c1ccc(I)cc1)N(O)c1ccc(I)cc1. The van der Waals surface area contributed by atoms with E-state index in [4.69, 9.17) is 0 Å². The van der Waals surface area contributed by atoms with Gasteiger partial charge in [-0.2, -0.15) is 10.1 Å². The van der Waals surface area contributed by atoms with Crippen LogP contribution in [0.25, 0.3) is 0 Å². The van der Waals surface area contributed by atoms with Gasteiger partial charge in [-0.25, -0.2) is 0 Å². The summed E-state index contributed by atoms with van der Waals surface area (Å²) < 4.78 is 14.0. The summed E-state index contributed by atoms with van der Waals surface area (Å²) >= 11 is 4.22. The van der Waals surface area contributed by atoms with E-state index in [1.807, 2.05) is 0 Å². The van der Waals surface area contributed by atoms with Gasteiger partial charge in [-0.3, -0.25) is 24.2 Å². The van der Waals surface area contributed by atoms with E-state index in [0.29, 0.717) is 21.5 Å². The lowest BCUT2D eigenvalue weighted by molar-refractivity contribution is -0.123. The van der Waals surface area contributed by atoms with E-state index in [0.717, 1.165) is 7.14 Å². The summed E-state index contributed by atoms with van der Waals surface area (Å²) in [5.74, 6) is -1.13. The molecule has 0 radical (unpaired) electrons. The standard InChI is InChI=1S/C18H18I2N2O5S/c19-13-1-5-15(6-2-13)21(25)17(23)9-11-28(27)12-10-18(24)22(26)16-7-3-14(20)4-8-16/h1-8,25-26H,9-12H2. The summed E-state index contributed by atoms with van der Waals surface area (Å²) in [4.78, 5) is 24.0. The van der Waals surface area contributed by atoms with Crippen molar-refractivity contribution < 1.29 is 24.2 Å². The summed E-state index contributed by atoms with van der Waals surface area (Å²) in [6, 6.07) is 13.4. The second-order valence-electron chi connectivity index (χ2n) is 5.71. The monoisotopic (exact) mass is 628 g/mol. The second-order valence-corrected chi connectivity index (χ2v) is 9.90. The third-order valence-electron chi connectivity index (χ3n) is 3.70.